The van der Waals surface area contributed by atoms with Gasteiger partial charge in [0, 0.05) is 10.8 Å². The first-order valence-corrected chi connectivity index (χ1v) is 23.8. The summed E-state index contributed by atoms with van der Waals surface area (Å²) in [6.45, 7) is 4.50. The second-order valence-electron chi connectivity index (χ2n) is 15.0. The third-order valence-corrected chi connectivity index (χ3v) is 12.3. The summed E-state index contributed by atoms with van der Waals surface area (Å²) in [5, 5.41) is 2.88. The number of aryl methyl sites for hydroxylation is 2. The molecular formula is C46H66CaO6S2. The molecule has 6 nitrogen and oxygen atoms in total. The van der Waals surface area contributed by atoms with Crippen LogP contribution in [0.15, 0.2) is 82.6 Å². The molecule has 0 amide bonds. The van der Waals surface area contributed by atoms with E-state index >= 15 is 0 Å². The largest absolute Gasteiger partial charge is 2.00 e. The van der Waals surface area contributed by atoms with Crippen molar-refractivity contribution in [2.75, 3.05) is 0 Å². The van der Waals surface area contributed by atoms with Gasteiger partial charge < -0.3 is 9.11 Å². The van der Waals surface area contributed by atoms with Gasteiger partial charge >= 0.3 is 37.7 Å². The molecule has 0 bridgehead atoms. The third-order valence-electron chi connectivity index (χ3n) is 10.5. The van der Waals surface area contributed by atoms with E-state index < -0.39 is 20.2 Å². The zero-order valence-electron chi connectivity index (χ0n) is 33.9. The number of unbranched alkanes of at least 4 members (excludes halogenated alkanes) is 20. The van der Waals surface area contributed by atoms with Gasteiger partial charge in [0.1, 0.15) is 20.2 Å². The number of hydrogen-bond acceptors (Lipinski definition) is 6. The van der Waals surface area contributed by atoms with E-state index in [0.29, 0.717) is 10.8 Å². The van der Waals surface area contributed by atoms with E-state index in [1.54, 1.807) is 12.1 Å². The van der Waals surface area contributed by atoms with Gasteiger partial charge in [0.05, 0.1) is 9.79 Å². The summed E-state index contributed by atoms with van der Waals surface area (Å²) < 4.78 is 69.6. The number of benzene rings is 4. The monoisotopic (exact) mass is 818 g/mol. The minimum atomic E-state index is -4.46. The summed E-state index contributed by atoms with van der Waals surface area (Å²) in [5.41, 5.74) is 1.94. The zero-order chi connectivity index (χ0) is 39.1. The van der Waals surface area contributed by atoms with Crippen LogP contribution in [0.25, 0.3) is 21.5 Å². The smallest absolute Gasteiger partial charge is 0.744 e. The quantitative estimate of drug-likeness (QED) is 0.0354. The van der Waals surface area contributed by atoms with E-state index in [1.165, 1.54) is 128 Å². The van der Waals surface area contributed by atoms with Crippen LogP contribution in [0.2, 0.25) is 0 Å². The standard InChI is InChI=1S/2C23H34O3S.Ca/c2*1-2-3-4-5-6-7-8-9-10-11-12-15-20-16-13-17-21-18-14-19-22(23(20)21)27(24,25)26;/h2*13-14,16-19H,2-12,15H2,1H3,(H,24,25,26);/q;;+2/p-2. The minimum Gasteiger partial charge on any atom is -0.744 e. The van der Waals surface area contributed by atoms with Crippen molar-refractivity contribution in [2.45, 2.75) is 178 Å². The van der Waals surface area contributed by atoms with Crippen molar-refractivity contribution in [2.24, 2.45) is 0 Å². The fourth-order valence-electron chi connectivity index (χ4n) is 7.56. The SMILES string of the molecule is CCCCCCCCCCCCCc1cccc2cccc(S(=O)(=O)[O-])c12.CCCCCCCCCCCCCc1cccc2cccc(S(=O)(=O)[O-])c12.[Ca+2]. The summed E-state index contributed by atoms with van der Waals surface area (Å²) in [7, 11) is -8.91. The Morgan fingerprint density at radius 2 is 0.636 bits per heavy atom. The Kier molecular flexibility index (Phi) is 25.3. The summed E-state index contributed by atoms with van der Waals surface area (Å²) in [6, 6.07) is 21.4. The maximum Gasteiger partial charge on any atom is 2.00 e. The van der Waals surface area contributed by atoms with Gasteiger partial charge in [0.15, 0.2) is 0 Å². The van der Waals surface area contributed by atoms with Crippen LogP contribution in [0.1, 0.15) is 166 Å². The molecule has 4 aromatic carbocycles. The van der Waals surface area contributed by atoms with Crippen molar-refractivity contribution in [1.29, 1.82) is 0 Å². The maximum absolute atomic E-state index is 11.6. The molecule has 0 unspecified atom stereocenters. The molecule has 300 valence electrons. The maximum atomic E-state index is 11.6. The number of fused-ring (bicyclic) bond motifs is 2. The van der Waals surface area contributed by atoms with Gasteiger partial charge in [-0.05, 0) is 59.7 Å². The molecule has 9 heteroatoms. The first-order valence-electron chi connectivity index (χ1n) is 21.0. The van der Waals surface area contributed by atoms with Gasteiger partial charge in [-0.1, -0.05) is 203 Å². The molecule has 0 aliphatic rings. The van der Waals surface area contributed by atoms with Crippen LogP contribution in [0.4, 0.5) is 0 Å². The fraction of sp³-hybridized carbons (Fsp3) is 0.565. The molecule has 0 fully saturated rings. The predicted molar refractivity (Wildman–Crippen MR) is 230 cm³/mol. The van der Waals surface area contributed by atoms with Gasteiger partial charge in [0.2, 0.25) is 0 Å². The summed E-state index contributed by atoms with van der Waals surface area (Å²) in [4.78, 5) is -0.169. The Morgan fingerprint density at radius 1 is 0.382 bits per heavy atom. The molecule has 0 atom stereocenters. The van der Waals surface area contributed by atoms with Crippen LogP contribution in [-0.2, 0) is 33.1 Å². The summed E-state index contributed by atoms with van der Waals surface area (Å²) in [5.74, 6) is 0. The van der Waals surface area contributed by atoms with Crippen LogP contribution >= 0.6 is 0 Å². The summed E-state index contributed by atoms with van der Waals surface area (Å²) in [6.07, 6.45) is 29.9. The molecule has 4 aromatic rings. The topological polar surface area (TPSA) is 114 Å². The Hall–Kier alpha value is -1.52. The molecule has 0 aromatic heterocycles. The molecule has 0 heterocycles. The van der Waals surface area contributed by atoms with E-state index in [2.05, 4.69) is 13.8 Å². The zero-order valence-corrected chi connectivity index (χ0v) is 37.7. The first-order chi connectivity index (χ1) is 26.1. The Balaban J connectivity index is 0.000000373. The molecule has 0 aliphatic heterocycles. The Bertz CT molecular complexity index is 1730. The number of rotatable bonds is 26. The van der Waals surface area contributed by atoms with Gasteiger partial charge in [-0.15, -0.1) is 0 Å². The first kappa shape index (κ1) is 49.6. The molecule has 0 radical (unpaired) electrons. The van der Waals surface area contributed by atoms with Crippen molar-refractivity contribution < 1.29 is 25.9 Å². The van der Waals surface area contributed by atoms with Gasteiger partial charge in [-0.3, -0.25) is 0 Å². The Morgan fingerprint density at radius 3 is 0.909 bits per heavy atom. The fourth-order valence-corrected chi connectivity index (χ4v) is 9.04. The molecule has 0 spiro atoms. The van der Waals surface area contributed by atoms with E-state index in [9.17, 15) is 25.9 Å². The van der Waals surface area contributed by atoms with Crippen molar-refractivity contribution in [1.82, 2.24) is 0 Å². The van der Waals surface area contributed by atoms with Crippen LogP contribution in [0, 0.1) is 0 Å². The molecular weight excluding hydrogens is 753 g/mol. The van der Waals surface area contributed by atoms with E-state index in [0.717, 1.165) is 60.4 Å². The molecule has 0 N–H and O–H groups in total. The van der Waals surface area contributed by atoms with Gasteiger partial charge in [-0.25, -0.2) is 16.8 Å². The van der Waals surface area contributed by atoms with Crippen LogP contribution < -0.4 is 0 Å². The van der Waals surface area contributed by atoms with Crippen molar-refractivity contribution >= 4 is 79.5 Å². The van der Waals surface area contributed by atoms with Crippen molar-refractivity contribution in [3.05, 3.63) is 83.9 Å². The van der Waals surface area contributed by atoms with E-state index in [1.807, 2.05) is 48.5 Å². The third kappa shape index (κ3) is 18.7. The minimum absolute atomic E-state index is 0. The number of hydrogen-bond donors (Lipinski definition) is 0. The molecule has 0 aliphatic carbocycles. The molecule has 4 rings (SSSR count). The van der Waals surface area contributed by atoms with Gasteiger partial charge in [0.25, 0.3) is 0 Å². The van der Waals surface area contributed by atoms with Crippen LogP contribution in [-0.4, -0.2) is 63.7 Å². The normalized spacial score (nSPS) is 11.7. The van der Waals surface area contributed by atoms with Crippen LogP contribution in [0.3, 0.4) is 0 Å². The molecule has 55 heavy (non-hydrogen) atoms. The average Bonchev–Trinajstić information content (AvgIpc) is 3.15. The molecule has 0 saturated heterocycles. The second kappa shape index (κ2) is 28.0. The average molecular weight is 819 g/mol. The van der Waals surface area contributed by atoms with Gasteiger partial charge in [-0.2, -0.15) is 0 Å². The molecule has 0 saturated carbocycles. The van der Waals surface area contributed by atoms with Crippen molar-refractivity contribution in [3.63, 3.8) is 0 Å². The van der Waals surface area contributed by atoms with Crippen molar-refractivity contribution in [3.8, 4) is 0 Å². The Labute approximate surface area is 364 Å². The van der Waals surface area contributed by atoms with Crippen LogP contribution in [0.5, 0.6) is 0 Å². The van der Waals surface area contributed by atoms with E-state index in [4.69, 9.17) is 0 Å². The predicted octanol–water partition coefficient (Wildman–Crippen LogP) is 12.8. The van der Waals surface area contributed by atoms with E-state index in [-0.39, 0.29) is 47.5 Å². The second-order valence-corrected chi connectivity index (χ2v) is 17.7. The summed E-state index contributed by atoms with van der Waals surface area (Å²) >= 11 is 0.